The number of benzene rings is 1. The molecule has 0 atom stereocenters. The number of urea groups is 1. The van der Waals surface area contributed by atoms with Crippen molar-refractivity contribution in [1.82, 2.24) is 30.5 Å². The SMILES string of the molecule is CCn1nnc(-c2cccc(NC(=O)NCCCc3nc(C)c(C)s3)c2)n1. The molecule has 0 aliphatic carbocycles. The molecule has 0 fully saturated rings. The molecule has 0 bridgehead atoms. The van der Waals surface area contributed by atoms with Gasteiger partial charge in [0.1, 0.15) is 0 Å². The summed E-state index contributed by atoms with van der Waals surface area (Å²) in [4.78, 5) is 19.4. The van der Waals surface area contributed by atoms with E-state index in [0.717, 1.165) is 29.1 Å². The average Bonchev–Trinajstić information content (AvgIpc) is 3.26. The van der Waals surface area contributed by atoms with Gasteiger partial charge in [0.15, 0.2) is 0 Å². The summed E-state index contributed by atoms with van der Waals surface area (Å²) >= 11 is 1.72. The van der Waals surface area contributed by atoms with Crippen LogP contribution < -0.4 is 10.6 Å². The zero-order valence-corrected chi connectivity index (χ0v) is 16.5. The van der Waals surface area contributed by atoms with E-state index < -0.39 is 0 Å². The molecule has 8 nitrogen and oxygen atoms in total. The number of hydrogen-bond donors (Lipinski definition) is 2. The molecule has 0 aliphatic heterocycles. The number of anilines is 1. The lowest BCUT2D eigenvalue weighted by molar-refractivity contribution is 0.252. The monoisotopic (exact) mass is 385 g/mol. The quantitative estimate of drug-likeness (QED) is 0.609. The Bertz CT molecular complexity index is 899. The van der Waals surface area contributed by atoms with Gasteiger partial charge in [0.05, 0.1) is 17.2 Å². The van der Waals surface area contributed by atoms with E-state index >= 15 is 0 Å². The Hall–Kier alpha value is -2.81. The Morgan fingerprint density at radius 1 is 1.30 bits per heavy atom. The largest absolute Gasteiger partial charge is 0.338 e. The van der Waals surface area contributed by atoms with E-state index in [4.69, 9.17) is 0 Å². The summed E-state index contributed by atoms with van der Waals surface area (Å²) in [5.41, 5.74) is 2.58. The molecule has 27 heavy (non-hydrogen) atoms. The third-order valence-electron chi connectivity index (χ3n) is 4.04. The van der Waals surface area contributed by atoms with Gasteiger partial charge in [-0.05, 0) is 44.5 Å². The normalized spacial score (nSPS) is 10.8. The zero-order chi connectivity index (χ0) is 19.2. The van der Waals surface area contributed by atoms with Gasteiger partial charge in [-0.3, -0.25) is 0 Å². The molecule has 2 amide bonds. The van der Waals surface area contributed by atoms with Gasteiger partial charge in [-0.25, -0.2) is 9.78 Å². The van der Waals surface area contributed by atoms with Crippen LogP contribution >= 0.6 is 11.3 Å². The Labute approximate surface area is 162 Å². The third-order valence-corrected chi connectivity index (χ3v) is 5.17. The molecule has 142 valence electrons. The maximum atomic E-state index is 12.1. The Balaban J connectivity index is 1.48. The smallest absolute Gasteiger partial charge is 0.319 e. The molecule has 0 saturated carbocycles. The predicted octanol–water partition coefficient (Wildman–Crippen LogP) is 3.19. The third kappa shape index (κ3) is 5.10. The van der Waals surface area contributed by atoms with Gasteiger partial charge in [-0.2, -0.15) is 4.80 Å². The highest BCUT2D eigenvalue weighted by molar-refractivity contribution is 7.11. The first kappa shape index (κ1) is 19.0. The molecular weight excluding hydrogens is 362 g/mol. The minimum atomic E-state index is -0.233. The highest BCUT2D eigenvalue weighted by Crippen LogP contribution is 2.19. The van der Waals surface area contributed by atoms with Crippen LogP contribution in [0.3, 0.4) is 0 Å². The molecule has 2 heterocycles. The molecule has 9 heteroatoms. The van der Waals surface area contributed by atoms with Crippen LogP contribution in [0.4, 0.5) is 10.5 Å². The molecule has 1 aromatic carbocycles. The lowest BCUT2D eigenvalue weighted by atomic mass is 10.2. The van der Waals surface area contributed by atoms with Gasteiger partial charge in [0, 0.05) is 29.1 Å². The number of thiazole rings is 1. The number of carbonyl (C=O) groups excluding carboxylic acids is 1. The maximum Gasteiger partial charge on any atom is 0.319 e. The van der Waals surface area contributed by atoms with Crippen LogP contribution in [0, 0.1) is 13.8 Å². The molecule has 2 N–H and O–H groups in total. The summed E-state index contributed by atoms with van der Waals surface area (Å²) < 4.78 is 0. The van der Waals surface area contributed by atoms with E-state index in [1.54, 1.807) is 11.3 Å². The van der Waals surface area contributed by atoms with E-state index in [9.17, 15) is 4.79 Å². The first-order valence-electron chi connectivity index (χ1n) is 8.91. The standard InChI is InChI=1S/C18H23N7OS/c1-4-25-23-17(22-24-25)14-7-5-8-15(11-14)21-18(26)19-10-6-9-16-20-12(2)13(3)27-16/h5,7-8,11H,4,6,9-10H2,1-3H3,(H2,19,21,26). The average molecular weight is 385 g/mol. The number of hydrogen-bond acceptors (Lipinski definition) is 6. The fourth-order valence-electron chi connectivity index (χ4n) is 2.49. The number of amides is 2. The number of carbonyl (C=O) groups is 1. The van der Waals surface area contributed by atoms with Crippen molar-refractivity contribution >= 4 is 23.1 Å². The van der Waals surface area contributed by atoms with Gasteiger partial charge >= 0.3 is 6.03 Å². The van der Waals surface area contributed by atoms with Gasteiger partial charge in [0.25, 0.3) is 0 Å². The number of aromatic nitrogens is 5. The van der Waals surface area contributed by atoms with Gasteiger partial charge in [-0.15, -0.1) is 21.5 Å². The molecule has 0 aliphatic rings. The maximum absolute atomic E-state index is 12.1. The molecule has 0 unspecified atom stereocenters. The molecule has 0 saturated heterocycles. The number of nitrogens with zero attached hydrogens (tertiary/aromatic N) is 5. The lowest BCUT2D eigenvalue weighted by Gasteiger charge is -2.08. The summed E-state index contributed by atoms with van der Waals surface area (Å²) in [5, 5.41) is 19.1. The minimum absolute atomic E-state index is 0.233. The first-order chi connectivity index (χ1) is 13.0. The van der Waals surface area contributed by atoms with Crippen molar-refractivity contribution in [1.29, 1.82) is 0 Å². The van der Waals surface area contributed by atoms with Crippen molar-refractivity contribution < 1.29 is 4.79 Å². The second-order valence-electron chi connectivity index (χ2n) is 6.12. The molecule has 0 spiro atoms. The van der Waals surface area contributed by atoms with Gasteiger partial charge < -0.3 is 10.6 Å². The molecule has 3 aromatic rings. The van der Waals surface area contributed by atoms with Crippen LogP contribution in [-0.2, 0) is 13.0 Å². The van der Waals surface area contributed by atoms with Crippen LogP contribution in [-0.4, -0.2) is 37.8 Å². The summed E-state index contributed by atoms with van der Waals surface area (Å²) in [6.45, 7) is 7.30. The lowest BCUT2D eigenvalue weighted by Crippen LogP contribution is -2.29. The molecule has 0 radical (unpaired) electrons. The molecule has 2 aromatic heterocycles. The van der Waals surface area contributed by atoms with Crippen molar-refractivity contribution in [3.05, 3.63) is 39.8 Å². The van der Waals surface area contributed by atoms with Crippen molar-refractivity contribution in [3.63, 3.8) is 0 Å². The molecular formula is C18H23N7OS. The van der Waals surface area contributed by atoms with E-state index in [-0.39, 0.29) is 6.03 Å². The van der Waals surface area contributed by atoms with Gasteiger partial charge in [0.2, 0.25) is 5.82 Å². The Kier molecular flexibility index (Phi) is 6.12. The number of rotatable bonds is 7. The Morgan fingerprint density at radius 2 is 2.15 bits per heavy atom. The second kappa shape index (κ2) is 8.72. The fraction of sp³-hybridized carbons (Fsp3) is 0.389. The predicted molar refractivity (Wildman–Crippen MR) is 106 cm³/mol. The minimum Gasteiger partial charge on any atom is -0.338 e. The molecule has 3 rings (SSSR count). The van der Waals surface area contributed by atoms with Crippen LogP contribution in [0.5, 0.6) is 0 Å². The summed E-state index contributed by atoms with van der Waals surface area (Å²) in [6.07, 6.45) is 1.72. The van der Waals surface area contributed by atoms with Crippen LogP contribution in [0.25, 0.3) is 11.4 Å². The zero-order valence-electron chi connectivity index (χ0n) is 15.7. The summed E-state index contributed by atoms with van der Waals surface area (Å²) in [6, 6.07) is 7.17. The van der Waals surface area contributed by atoms with Crippen molar-refractivity contribution in [2.75, 3.05) is 11.9 Å². The van der Waals surface area contributed by atoms with Crippen molar-refractivity contribution in [2.24, 2.45) is 0 Å². The van der Waals surface area contributed by atoms with E-state index in [1.165, 1.54) is 9.67 Å². The van der Waals surface area contributed by atoms with Crippen molar-refractivity contribution in [3.8, 4) is 11.4 Å². The van der Waals surface area contributed by atoms with E-state index in [0.29, 0.717) is 24.6 Å². The topological polar surface area (TPSA) is 97.6 Å². The summed E-state index contributed by atoms with van der Waals surface area (Å²) in [7, 11) is 0. The van der Waals surface area contributed by atoms with E-state index in [1.807, 2.05) is 38.1 Å². The number of nitrogens with one attached hydrogen (secondary N) is 2. The second-order valence-corrected chi connectivity index (χ2v) is 7.40. The van der Waals surface area contributed by atoms with Crippen LogP contribution in [0.2, 0.25) is 0 Å². The Morgan fingerprint density at radius 3 is 2.85 bits per heavy atom. The first-order valence-corrected chi connectivity index (χ1v) is 9.73. The highest BCUT2D eigenvalue weighted by Gasteiger charge is 2.08. The van der Waals surface area contributed by atoms with Gasteiger partial charge in [-0.1, -0.05) is 12.1 Å². The van der Waals surface area contributed by atoms with Crippen LogP contribution in [0.15, 0.2) is 24.3 Å². The highest BCUT2D eigenvalue weighted by atomic mass is 32.1. The van der Waals surface area contributed by atoms with E-state index in [2.05, 4.69) is 38.0 Å². The summed E-state index contributed by atoms with van der Waals surface area (Å²) in [5.74, 6) is 0.537. The van der Waals surface area contributed by atoms with Crippen molar-refractivity contribution in [2.45, 2.75) is 40.2 Å². The van der Waals surface area contributed by atoms with Crippen LogP contribution in [0.1, 0.15) is 28.9 Å². The number of aryl methyl sites for hydroxylation is 4. The number of tetrazole rings is 1. The fourth-order valence-corrected chi connectivity index (χ4v) is 3.47.